The van der Waals surface area contributed by atoms with Crippen molar-refractivity contribution < 1.29 is 18.7 Å². The van der Waals surface area contributed by atoms with Crippen LogP contribution < -0.4 is 4.90 Å². The molecule has 6 nitrogen and oxygen atoms in total. The number of amides is 1. The summed E-state index contributed by atoms with van der Waals surface area (Å²) in [7, 11) is 0. The van der Waals surface area contributed by atoms with E-state index in [0.29, 0.717) is 18.1 Å². The van der Waals surface area contributed by atoms with Crippen molar-refractivity contribution in [3.05, 3.63) is 59.9 Å². The van der Waals surface area contributed by atoms with E-state index in [-0.39, 0.29) is 18.3 Å². The van der Waals surface area contributed by atoms with E-state index in [1.54, 1.807) is 24.0 Å². The Morgan fingerprint density at radius 3 is 2.55 bits per heavy atom. The zero-order valence-electron chi connectivity index (χ0n) is 17.8. The zero-order valence-corrected chi connectivity index (χ0v) is 17.8. The predicted molar refractivity (Wildman–Crippen MR) is 116 cm³/mol. The summed E-state index contributed by atoms with van der Waals surface area (Å²) < 4.78 is 20.9. The molecule has 0 saturated heterocycles. The number of anilines is 1. The quantitative estimate of drug-likeness (QED) is 0.319. The molecule has 0 spiro atoms. The van der Waals surface area contributed by atoms with Gasteiger partial charge in [0.2, 0.25) is 11.9 Å². The number of carbonyl (C=O) groups is 2. The summed E-state index contributed by atoms with van der Waals surface area (Å²) in [5, 5.41) is 0. The SMILES string of the molecule is CCCCCN1C(=O)[C@H](C(=O)OCC)[C@@H](c2ccc(F)cc2)n2c1nc1ccccc12. The number of unbranched alkanes of at least 4 members (excludes halogenated alkanes) is 2. The number of carbonyl (C=O) groups excluding carboxylic acids is 2. The number of ether oxygens (including phenoxy) is 1. The van der Waals surface area contributed by atoms with E-state index in [1.807, 2.05) is 28.8 Å². The Kier molecular flexibility index (Phi) is 6.02. The first-order valence-electron chi connectivity index (χ1n) is 10.8. The molecule has 0 N–H and O–H groups in total. The third kappa shape index (κ3) is 3.80. The van der Waals surface area contributed by atoms with Gasteiger partial charge in [0, 0.05) is 6.54 Å². The van der Waals surface area contributed by atoms with E-state index in [4.69, 9.17) is 9.72 Å². The van der Waals surface area contributed by atoms with Gasteiger partial charge in [0.25, 0.3) is 0 Å². The molecular weight excluding hydrogens is 397 g/mol. The van der Waals surface area contributed by atoms with E-state index >= 15 is 0 Å². The van der Waals surface area contributed by atoms with Crippen molar-refractivity contribution >= 4 is 28.9 Å². The highest BCUT2D eigenvalue weighted by Crippen LogP contribution is 2.41. The number of esters is 1. The summed E-state index contributed by atoms with van der Waals surface area (Å²) in [6.07, 6.45) is 2.79. The minimum atomic E-state index is -1.07. The van der Waals surface area contributed by atoms with Crippen LogP contribution in [-0.4, -0.2) is 34.6 Å². The Balaban J connectivity index is 1.93. The molecular formula is C24H26FN3O3. The van der Waals surface area contributed by atoms with Crippen molar-refractivity contribution in [2.24, 2.45) is 5.92 Å². The molecule has 2 aromatic carbocycles. The average Bonchev–Trinajstić information content (AvgIpc) is 3.15. The number of hydrogen-bond donors (Lipinski definition) is 0. The summed E-state index contributed by atoms with van der Waals surface area (Å²) in [4.78, 5) is 33.0. The monoisotopic (exact) mass is 423 g/mol. The molecule has 2 heterocycles. The van der Waals surface area contributed by atoms with E-state index in [0.717, 1.165) is 30.3 Å². The van der Waals surface area contributed by atoms with Crippen LogP contribution in [-0.2, 0) is 14.3 Å². The highest BCUT2D eigenvalue weighted by atomic mass is 19.1. The minimum absolute atomic E-state index is 0.173. The Morgan fingerprint density at radius 2 is 1.84 bits per heavy atom. The fourth-order valence-corrected chi connectivity index (χ4v) is 4.24. The number of aromatic nitrogens is 2. The normalized spacial score (nSPS) is 18.3. The Hall–Kier alpha value is -3.22. The van der Waals surface area contributed by atoms with Crippen molar-refractivity contribution in [1.29, 1.82) is 0 Å². The molecule has 162 valence electrons. The molecule has 1 aliphatic rings. The van der Waals surface area contributed by atoms with E-state index in [9.17, 15) is 14.0 Å². The van der Waals surface area contributed by atoms with Crippen LogP contribution in [0, 0.1) is 11.7 Å². The van der Waals surface area contributed by atoms with Crippen LogP contribution in [0.15, 0.2) is 48.5 Å². The van der Waals surface area contributed by atoms with Gasteiger partial charge in [0.05, 0.1) is 23.7 Å². The molecule has 1 aromatic heterocycles. The molecule has 0 fully saturated rings. The molecule has 7 heteroatoms. The highest BCUT2D eigenvalue weighted by molar-refractivity contribution is 6.08. The van der Waals surface area contributed by atoms with Gasteiger partial charge in [0.15, 0.2) is 5.92 Å². The molecule has 1 aliphatic heterocycles. The van der Waals surface area contributed by atoms with Gasteiger partial charge >= 0.3 is 5.97 Å². The lowest BCUT2D eigenvalue weighted by atomic mass is 9.89. The lowest BCUT2D eigenvalue weighted by Gasteiger charge is -2.38. The minimum Gasteiger partial charge on any atom is -0.465 e. The van der Waals surface area contributed by atoms with Gasteiger partial charge in [-0.15, -0.1) is 0 Å². The van der Waals surface area contributed by atoms with Gasteiger partial charge in [-0.2, -0.15) is 0 Å². The summed E-state index contributed by atoms with van der Waals surface area (Å²) in [6.45, 7) is 4.46. The van der Waals surface area contributed by atoms with E-state index in [1.165, 1.54) is 12.1 Å². The lowest BCUT2D eigenvalue weighted by molar-refractivity contribution is -0.153. The van der Waals surface area contributed by atoms with E-state index < -0.39 is 17.9 Å². The molecule has 2 atom stereocenters. The second kappa shape index (κ2) is 8.88. The second-order valence-corrected chi connectivity index (χ2v) is 7.69. The number of hydrogen-bond acceptors (Lipinski definition) is 4. The van der Waals surface area contributed by atoms with Crippen molar-refractivity contribution in [3.63, 3.8) is 0 Å². The van der Waals surface area contributed by atoms with Crippen LogP contribution in [0.3, 0.4) is 0 Å². The third-order valence-electron chi connectivity index (χ3n) is 5.68. The Labute approximate surface area is 180 Å². The number of para-hydroxylation sites is 2. The maximum atomic E-state index is 13.6. The molecule has 3 aromatic rings. The molecule has 1 amide bonds. The van der Waals surface area contributed by atoms with E-state index in [2.05, 4.69) is 6.92 Å². The van der Waals surface area contributed by atoms with Gasteiger partial charge in [0.1, 0.15) is 5.82 Å². The molecule has 31 heavy (non-hydrogen) atoms. The highest BCUT2D eigenvalue weighted by Gasteiger charge is 2.47. The maximum absolute atomic E-state index is 13.6. The van der Waals surface area contributed by atoms with Gasteiger partial charge in [-0.25, -0.2) is 9.37 Å². The first-order valence-corrected chi connectivity index (χ1v) is 10.8. The fourth-order valence-electron chi connectivity index (χ4n) is 4.24. The number of halogens is 1. The topological polar surface area (TPSA) is 64.4 Å². The second-order valence-electron chi connectivity index (χ2n) is 7.69. The number of imidazole rings is 1. The summed E-state index contributed by atoms with van der Waals surface area (Å²) in [6, 6.07) is 12.8. The van der Waals surface area contributed by atoms with Gasteiger partial charge in [-0.3, -0.25) is 14.5 Å². The molecule has 0 saturated carbocycles. The third-order valence-corrected chi connectivity index (χ3v) is 5.68. The van der Waals surface area contributed by atoms with Crippen molar-refractivity contribution in [3.8, 4) is 0 Å². The molecule has 0 bridgehead atoms. The lowest BCUT2D eigenvalue weighted by Crippen LogP contribution is -2.50. The Morgan fingerprint density at radius 1 is 1.10 bits per heavy atom. The standard InChI is InChI=1S/C24H26FN3O3/c1-3-5-8-15-27-22(29)20(23(30)31-4-2)21(16-11-13-17(25)14-12-16)28-19-10-7-6-9-18(19)26-24(27)28/h6-7,9-14,20-21H,3-5,8,15H2,1-2H3/t20-,21-/m1/s1. The van der Waals surface area contributed by atoms with Crippen LogP contribution >= 0.6 is 0 Å². The van der Waals surface area contributed by atoms with Gasteiger partial charge in [-0.1, -0.05) is 44.0 Å². The molecule has 0 radical (unpaired) electrons. The van der Waals surface area contributed by atoms with Crippen molar-refractivity contribution in [2.75, 3.05) is 18.1 Å². The number of rotatable bonds is 7. The smallest absolute Gasteiger partial charge is 0.321 e. The van der Waals surface area contributed by atoms with Crippen molar-refractivity contribution in [2.45, 2.75) is 39.2 Å². The average molecular weight is 423 g/mol. The maximum Gasteiger partial charge on any atom is 0.321 e. The predicted octanol–water partition coefficient (Wildman–Crippen LogP) is 4.48. The molecule has 0 aliphatic carbocycles. The first kappa shape index (κ1) is 21.0. The summed E-state index contributed by atoms with van der Waals surface area (Å²) in [5.74, 6) is -1.85. The van der Waals surface area contributed by atoms with Crippen LogP contribution in [0.25, 0.3) is 11.0 Å². The summed E-state index contributed by atoms with van der Waals surface area (Å²) >= 11 is 0. The number of nitrogens with zero attached hydrogens (tertiary/aromatic N) is 3. The Bertz CT molecular complexity index is 1090. The molecule has 4 rings (SSSR count). The number of fused-ring (bicyclic) bond motifs is 3. The summed E-state index contributed by atoms with van der Waals surface area (Å²) in [5.41, 5.74) is 2.21. The van der Waals surface area contributed by atoms with Crippen LogP contribution in [0.2, 0.25) is 0 Å². The van der Waals surface area contributed by atoms with Gasteiger partial charge < -0.3 is 9.30 Å². The van der Waals surface area contributed by atoms with Crippen LogP contribution in [0.1, 0.15) is 44.7 Å². The zero-order chi connectivity index (χ0) is 22.0. The van der Waals surface area contributed by atoms with Crippen molar-refractivity contribution in [1.82, 2.24) is 9.55 Å². The first-order chi connectivity index (χ1) is 15.1. The largest absolute Gasteiger partial charge is 0.465 e. The van der Waals surface area contributed by atoms with Gasteiger partial charge in [-0.05, 0) is 43.2 Å². The number of benzene rings is 2. The molecule has 0 unspecified atom stereocenters. The van der Waals surface area contributed by atoms with Crippen LogP contribution in [0.5, 0.6) is 0 Å². The van der Waals surface area contributed by atoms with Crippen LogP contribution in [0.4, 0.5) is 10.3 Å². The fraction of sp³-hybridized carbons (Fsp3) is 0.375.